The van der Waals surface area contributed by atoms with Gasteiger partial charge in [-0.15, -0.1) is 12.4 Å². The molecule has 0 aromatic heterocycles. The lowest BCUT2D eigenvalue weighted by Crippen LogP contribution is -2.27. The number of phenols is 1. The van der Waals surface area contributed by atoms with Crippen LogP contribution in [0.15, 0.2) is 18.2 Å². The molecule has 1 aromatic carbocycles. The number of benzene rings is 1. The second-order valence-corrected chi connectivity index (χ2v) is 4.78. The van der Waals surface area contributed by atoms with Gasteiger partial charge in [-0.3, -0.25) is 0 Å². The first-order valence-corrected chi connectivity index (χ1v) is 5.65. The van der Waals surface area contributed by atoms with E-state index in [9.17, 15) is 10.2 Å². The van der Waals surface area contributed by atoms with Crippen LogP contribution in [0.1, 0.15) is 37.4 Å². The molecular formula is C13H22ClNO2. The molecule has 0 fully saturated rings. The lowest BCUT2D eigenvalue weighted by atomic mass is 9.94. The van der Waals surface area contributed by atoms with Crippen molar-refractivity contribution in [3.05, 3.63) is 29.3 Å². The molecule has 1 rings (SSSR count). The third kappa shape index (κ3) is 4.54. The zero-order valence-electron chi connectivity index (χ0n) is 10.6. The molecule has 0 saturated heterocycles. The Balaban J connectivity index is 0.00000256. The highest BCUT2D eigenvalue weighted by atomic mass is 35.5. The van der Waals surface area contributed by atoms with Crippen LogP contribution in [0.25, 0.3) is 0 Å². The fourth-order valence-electron chi connectivity index (χ4n) is 1.78. The van der Waals surface area contributed by atoms with Crippen molar-refractivity contribution in [3.8, 4) is 5.75 Å². The van der Waals surface area contributed by atoms with Crippen LogP contribution < -0.4 is 5.73 Å². The number of aliphatic hydroxyl groups is 1. The topological polar surface area (TPSA) is 66.5 Å². The van der Waals surface area contributed by atoms with Gasteiger partial charge in [0.2, 0.25) is 0 Å². The third-order valence-electron chi connectivity index (χ3n) is 2.67. The molecule has 0 spiro atoms. The van der Waals surface area contributed by atoms with E-state index in [1.54, 1.807) is 6.07 Å². The summed E-state index contributed by atoms with van der Waals surface area (Å²) in [4.78, 5) is 0. The highest BCUT2D eigenvalue weighted by Gasteiger charge is 2.20. The second kappa shape index (κ2) is 6.84. The van der Waals surface area contributed by atoms with E-state index in [4.69, 9.17) is 5.73 Å². The maximum Gasteiger partial charge on any atom is 0.120 e. The lowest BCUT2D eigenvalue weighted by molar-refractivity contribution is 0.120. The van der Waals surface area contributed by atoms with Gasteiger partial charge >= 0.3 is 0 Å². The van der Waals surface area contributed by atoms with E-state index in [-0.39, 0.29) is 18.2 Å². The van der Waals surface area contributed by atoms with E-state index in [1.165, 1.54) is 0 Å². The molecule has 1 aromatic rings. The van der Waals surface area contributed by atoms with Crippen molar-refractivity contribution in [2.75, 3.05) is 0 Å². The van der Waals surface area contributed by atoms with Crippen molar-refractivity contribution in [1.82, 2.24) is 0 Å². The molecule has 17 heavy (non-hydrogen) atoms. The maximum absolute atomic E-state index is 9.92. The quantitative estimate of drug-likeness (QED) is 0.778. The van der Waals surface area contributed by atoms with E-state index >= 15 is 0 Å². The number of halogens is 1. The van der Waals surface area contributed by atoms with Gasteiger partial charge in [0, 0.05) is 5.56 Å². The van der Waals surface area contributed by atoms with Gasteiger partial charge in [-0.1, -0.05) is 31.5 Å². The molecule has 0 aliphatic heterocycles. The molecule has 3 nitrogen and oxygen atoms in total. The first-order chi connectivity index (χ1) is 7.41. The molecular weight excluding hydrogens is 238 g/mol. The summed E-state index contributed by atoms with van der Waals surface area (Å²) >= 11 is 0. The van der Waals surface area contributed by atoms with Gasteiger partial charge in [-0.05, 0) is 25.3 Å². The summed E-state index contributed by atoms with van der Waals surface area (Å²) < 4.78 is 0. The fraction of sp³-hybridized carbons (Fsp3) is 0.538. The van der Waals surface area contributed by atoms with Crippen molar-refractivity contribution in [2.24, 2.45) is 11.7 Å². The monoisotopic (exact) mass is 259 g/mol. The van der Waals surface area contributed by atoms with Crippen LogP contribution in [-0.4, -0.2) is 16.3 Å². The summed E-state index contributed by atoms with van der Waals surface area (Å²) in [6.07, 6.45) is 0.0156. The second-order valence-electron chi connectivity index (χ2n) is 4.78. The van der Waals surface area contributed by atoms with Gasteiger partial charge in [0.1, 0.15) is 5.75 Å². The van der Waals surface area contributed by atoms with E-state index in [1.807, 2.05) is 32.9 Å². The van der Waals surface area contributed by atoms with Crippen LogP contribution in [-0.2, 0) is 0 Å². The molecule has 0 bridgehead atoms. The van der Waals surface area contributed by atoms with E-state index in [0.717, 1.165) is 5.56 Å². The molecule has 4 heteroatoms. The summed E-state index contributed by atoms with van der Waals surface area (Å²) in [7, 11) is 0. The number of nitrogens with two attached hydrogens (primary N) is 1. The van der Waals surface area contributed by atoms with Crippen LogP contribution >= 0.6 is 12.4 Å². The summed E-state index contributed by atoms with van der Waals surface area (Å²) in [5, 5.41) is 19.6. The smallest absolute Gasteiger partial charge is 0.120 e. The predicted molar refractivity (Wildman–Crippen MR) is 72.5 cm³/mol. The summed E-state index contributed by atoms with van der Waals surface area (Å²) in [6.45, 7) is 6.00. The highest BCUT2D eigenvalue weighted by Crippen LogP contribution is 2.27. The van der Waals surface area contributed by atoms with E-state index < -0.39 is 12.1 Å². The minimum Gasteiger partial charge on any atom is -0.508 e. The van der Waals surface area contributed by atoms with Crippen LogP contribution in [0.3, 0.4) is 0 Å². The Morgan fingerprint density at radius 1 is 1.29 bits per heavy atom. The van der Waals surface area contributed by atoms with E-state index in [0.29, 0.717) is 17.9 Å². The number of hydrogen-bond donors (Lipinski definition) is 3. The average Bonchev–Trinajstić information content (AvgIpc) is 2.19. The minimum absolute atomic E-state index is 0. The Labute approximate surface area is 109 Å². The number of hydrogen-bond acceptors (Lipinski definition) is 3. The zero-order chi connectivity index (χ0) is 12.3. The van der Waals surface area contributed by atoms with Crippen molar-refractivity contribution in [2.45, 2.75) is 39.3 Å². The fourth-order valence-corrected chi connectivity index (χ4v) is 1.78. The van der Waals surface area contributed by atoms with Crippen molar-refractivity contribution in [1.29, 1.82) is 0 Å². The lowest BCUT2D eigenvalue weighted by Gasteiger charge is -2.21. The van der Waals surface area contributed by atoms with Crippen molar-refractivity contribution < 1.29 is 10.2 Å². The van der Waals surface area contributed by atoms with Gasteiger partial charge in [0.05, 0.1) is 12.1 Å². The van der Waals surface area contributed by atoms with Crippen LogP contribution in [0.2, 0.25) is 0 Å². The number of rotatable bonds is 4. The Hall–Kier alpha value is -0.770. The van der Waals surface area contributed by atoms with Gasteiger partial charge < -0.3 is 15.9 Å². The number of aromatic hydroxyl groups is 1. The SMILES string of the molecule is Cc1ccc(O)c([C@H](N)[C@H](O)CC(C)C)c1.Cl. The van der Waals surface area contributed by atoms with Gasteiger partial charge in [-0.25, -0.2) is 0 Å². The first-order valence-electron chi connectivity index (χ1n) is 5.65. The average molecular weight is 260 g/mol. The van der Waals surface area contributed by atoms with Crippen LogP contribution in [0, 0.1) is 12.8 Å². The van der Waals surface area contributed by atoms with Crippen molar-refractivity contribution >= 4 is 12.4 Å². The molecule has 98 valence electrons. The van der Waals surface area contributed by atoms with Gasteiger partial charge in [0.15, 0.2) is 0 Å². The molecule has 0 radical (unpaired) electrons. The Morgan fingerprint density at radius 2 is 1.88 bits per heavy atom. The van der Waals surface area contributed by atoms with Crippen LogP contribution in [0.5, 0.6) is 5.75 Å². The normalized spacial score (nSPS) is 14.2. The van der Waals surface area contributed by atoms with Crippen LogP contribution in [0.4, 0.5) is 0 Å². The summed E-state index contributed by atoms with van der Waals surface area (Å²) in [6, 6.07) is 4.73. The molecule has 0 aliphatic carbocycles. The number of aliphatic hydroxyl groups excluding tert-OH is 1. The molecule has 0 aliphatic rings. The minimum atomic E-state index is -0.618. The Kier molecular flexibility index (Phi) is 6.53. The summed E-state index contributed by atoms with van der Waals surface area (Å²) in [5.41, 5.74) is 7.59. The third-order valence-corrected chi connectivity index (χ3v) is 2.67. The van der Waals surface area contributed by atoms with E-state index in [2.05, 4.69) is 0 Å². The molecule has 4 N–H and O–H groups in total. The molecule has 0 saturated carbocycles. The first kappa shape index (κ1) is 16.2. The molecule has 2 atom stereocenters. The standard InChI is InChI=1S/C13H21NO2.ClH/c1-8(2)6-12(16)13(14)10-7-9(3)4-5-11(10)15;/h4-5,7-8,12-13,15-16H,6,14H2,1-3H3;1H/t12-,13+;/m1./s1. The van der Waals surface area contributed by atoms with Crippen molar-refractivity contribution in [3.63, 3.8) is 0 Å². The van der Waals surface area contributed by atoms with Gasteiger partial charge in [0.25, 0.3) is 0 Å². The zero-order valence-corrected chi connectivity index (χ0v) is 11.4. The molecule has 0 unspecified atom stereocenters. The molecule has 0 heterocycles. The number of phenolic OH excluding ortho intramolecular Hbond substituents is 1. The molecule has 0 amide bonds. The highest BCUT2D eigenvalue weighted by molar-refractivity contribution is 5.85. The maximum atomic E-state index is 9.92. The number of aryl methyl sites for hydroxylation is 1. The predicted octanol–water partition coefficient (Wildman–Crippen LogP) is 2.53. The Bertz CT molecular complexity index is 355. The largest absolute Gasteiger partial charge is 0.508 e. The van der Waals surface area contributed by atoms with Gasteiger partial charge in [-0.2, -0.15) is 0 Å². The Morgan fingerprint density at radius 3 is 2.41 bits per heavy atom. The summed E-state index contributed by atoms with van der Waals surface area (Å²) in [5.74, 6) is 0.536.